The van der Waals surface area contributed by atoms with Crippen LogP contribution in [0.2, 0.25) is 0 Å². The lowest BCUT2D eigenvalue weighted by atomic mass is 9.99. The van der Waals surface area contributed by atoms with Crippen LogP contribution in [-0.2, 0) is 17.8 Å². The molecule has 4 rings (SSSR count). The monoisotopic (exact) mass is 413 g/mol. The largest absolute Gasteiger partial charge is 0.342 e. The third kappa shape index (κ3) is 4.02. The molecule has 154 valence electrons. The summed E-state index contributed by atoms with van der Waals surface area (Å²) >= 11 is 0. The Labute approximate surface area is 169 Å². The fourth-order valence-corrected chi connectivity index (χ4v) is 3.45. The van der Waals surface area contributed by atoms with E-state index in [-0.39, 0.29) is 40.9 Å². The van der Waals surface area contributed by atoms with Crippen molar-refractivity contribution in [2.24, 2.45) is 5.92 Å². The third-order valence-electron chi connectivity index (χ3n) is 4.99. The molecule has 30 heavy (non-hydrogen) atoms. The van der Waals surface area contributed by atoms with Gasteiger partial charge < -0.3 is 4.90 Å². The number of nitrogens with zero attached hydrogens (tertiary/aromatic N) is 5. The maximum atomic E-state index is 14.1. The van der Waals surface area contributed by atoms with Gasteiger partial charge in [0.2, 0.25) is 5.91 Å². The van der Waals surface area contributed by atoms with Crippen molar-refractivity contribution in [2.45, 2.75) is 13.0 Å². The summed E-state index contributed by atoms with van der Waals surface area (Å²) in [6.45, 7) is 1.74. The first-order valence-corrected chi connectivity index (χ1v) is 9.25. The van der Waals surface area contributed by atoms with Gasteiger partial charge in [-0.1, -0.05) is 0 Å². The lowest BCUT2D eigenvalue weighted by Gasteiger charge is -2.39. The zero-order valence-corrected chi connectivity index (χ0v) is 15.7. The fourth-order valence-electron chi connectivity index (χ4n) is 3.45. The molecule has 8 nitrogen and oxygen atoms in total. The molecule has 1 aliphatic heterocycles. The van der Waals surface area contributed by atoms with Crippen LogP contribution in [0.4, 0.5) is 14.5 Å². The molecule has 1 aromatic carbocycles. The summed E-state index contributed by atoms with van der Waals surface area (Å²) < 4.78 is 29.0. The second-order valence-corrected chi connectivity index (χ2v) is 7.11. The number of amides is 1. The molecule has 1 amide bonds. The van der Waals surface area contributed by atoms with Gasteiger partial charge in [-0.3, -0.25) is 19.6 Å². The Bertz CT molecular complexity index is 1100. The lowest BCUT2D eigenvalue weighted by Crippen LogP contribution is -2.52. The number of pyridine rings is 1. The molecule has 2 aromatic heterocycles. The summed E-state index contributed by atoms with van der Waals surface area (Å²) in [5.41, 5.74) is -0.269. The van der Waals surface area contributed by atoms with Gasteiger partial charge in [0.05, 0.1) is 17.0 Å². The molecule has 0 radical (unpaired) electrons. The molecule has 3 aromatic rings. The predicted octanol–water partition coefficient (Wildman–Crippen LogP) is 2.83. The molecule has 3 heterocycles. The molecule has 0 atom stereocenters. The van der Waals surface area contributed by atoms with Crippen molar-refractivity contribution in [3.63, 3.8) is 0 Å². The average Bonchev–Trinajstić information content (AvgIpc) is 3.17. The highest BCUT2D eigenvalue weighted by atomic mass is 19.1. The molecule has 0 spiro atoms. The number of likely N-dealkylation sites (tertiary alicyclic amines) is 1. The van der Waals surface area contributed by atoms with E-state index in [1.165, 1.54) is 18.2 Å². The second-order valence-electron chi connectivity index (χ2n) is 7.11. The number of carbonyl (C=O) groups excluding carboxylic acids is 1. The molecule has 1 saturated heterocycles. The van der Waals surface area contributed by atoms with Crippen LogP contribution in [0.25, 0.3) is 11.3 Å². The first kappa shape index (κ1) is 19.6. The van der Waals surface area contributed by atoms with Gasteiger partial charge in [0.25, 0.3) is 5.69 Å². The normalized spacial score (nSPS) is 13.9. The van der Waals surface area contributed by atoms with E-state index in [0.29, 0.717) is 25.7 Å². The summed E-state index contributed by atoms with van der Waals surface area (Å²) in [5, 5.41) is 15.5. The molecule has 0 unspecified atom stereocenters. The van der Waals surface area contributed by atoms with E-state index < -0.39 is 16.6 Å². The van der Waals surface area contributed by atoms with Crippen LogP contribution < -0.4 is 0 Å². The summed E-state index contributed by atoms with van der Waals surface area (Å²) in [7, 11) is 0. The van der Waals surface area contributed by atoms with Crippen LogP contribution >= 0.6 is 0 Å². The highest BCUT2D eigenvalue weighted by Gasteiger charge is 2.32. The highest BCUT2D eigenvalue weighted by molar-refractivity contribution is 5.80. The number of hydrogen-bond donors (Lipinski definition) is 0. The fraction of sp³-hybridized carbons (Fsp3) is 0.250. The van der Waals surface area contributed by atoms with E-state index in [9.17, 15) is 23.7 Å². The molecular formula is C20H17F2N5O3. The van der Waals surface area contributed by atoms with Gasteiger partial charge in [0.1, 0.15) is 17.3 Å². The summed E-state index contributed by atoms with van der Waals surface area (Å²) in [6, 6.07) is 7.29. The quantitative estimate of drug-likeness (QED) is 0.458. The summed E-state index contributed by atoms with van der Waals surface area (Å²) in [6.07, 6.45) is 3.25. The van der Waals surface area contributed by atoms with Crippen molar-refractivity contribution in [1.82, 2.24) is 19.7 Å². The van der Waals surface area contributed by atoms with Gasteiger partial charge in [-0.05, 0) is 24.3 Å². The van der Waals surface area contributed by atoms with Crippen LogP contribution in [0, 0.1) is 27.7 Å². The van der Waals surface area contributed by atoms with E-state index in [2.05, 4.69) is 10.1 Å². The second kappa shape index (κ2) is 7.97. The van der Waals surface area contributed by atoms with Crippen LogP contribution in [0.15, 0.2) is 48.8 Å². The first-order chi connectivity index (χ1) is 14.4. The van der Waals surface area contributed by atoms with Gasteiger partial charge >= 0.3 is 0 Å². The minimum atomic E-state index is -0.835. The molecule has 1 aliphatic rings. The van der Waals surface area contributed by atoms with Crippen LogP contribution in [-0.4, -0.2) is 43.6 Å². The van der Waals surface area contributed by atoms with Gasteiger partial charge in [-0.2, -0.15) is 5.10 Å². The Morgan fingerprint density at radius 3 is 2.70 bits per heavy atom. The molecule has 0 N–H and O–H groups in total. The van der Waals surface area contributed by atoms with Gasteiger partial charge in [-0.25, -0.2) is 13.8 Å². The predicted molar refractivity (Wildman–Crippen MR) is 102 cm³/mol. The molecule has 0 bridgehead atoms. The van der Waals surface area contributed by atoms with E-state index in [0.717, 1.165) is 6.07 Å². The number of halogens is 2. The van der Waals surface area contributed by atoms with Gasteiger partial charge in [-0.15, -0.1) is 0 Å². The SMILES string of the molecule is O=C(Cc1nc(-c2ccc(F)cc2F)ccc1[N+](=O)[O-])N1CC(Cn2cccn2)C1. The van der Waals surface area contributed by atoms with E-state index >= 15 is 0 Å². The lowest BCUT2D eigenvalue weighted by molar-refractivity contribution is -0.385. The first-order valence-electron chi connectivity index (χ1n) is 9.25. The highest BCUT2D eigenvalue weighted by Crippen LogP contribution is 2.27. The number of rotatable bonds is 6. The number of benzene rings is 1. The summed E-state index contributed by atoms with van der Waals surface area (Å²) in [4.78, 5) is 29.1. The molecule has 10 heteroatoms. The topological polar surface area (TPSA) is 94.2 Å². The Balaban J connectivity index is 1.49. The molecular weight excluding hydrogens is 396 g/mol. The standard InChI is InChI=1S/C20H17F2N5O3/c21-14-2-3-15(16(22)8-14)17-4-5-19(27(29)30)18(24-17)9-20(28)25-10-13(11-25)12-26-7-1-6-23-26/h1-8,13H,9-12H2. The van der Waals surface area contributed by atoms with Gasteiger partial charge in [0, 0.05) is 55.6 Å². The number of carbonyl (C=O) groups is 1. The van der Waals surface area contributed by atoms with Crippen molar-refractivity contribution in [3.8, 4) is 11.3 Å². The Morgan fingerprint density at radius 1 is 1.23 bits per heavy atom. The van der Waals surface area contributed by atoms with Crippen LogP contribution in [0.3, 0.4) is 0 Å². The minimum Gasteiger partial charge on any atom is -0.342 e. The Morgan fingerprint density at radius 2 is 2.03 bits per heavy atom. The Kier molecular flexibility index (Phi) is 5.21. The minimum absolute atomic E-state index is 0.00299. The smallest absolute Gasteiger partial charge is 0.291 e. The van der Waals surface area contributed by atoms with Crippen LogP contribution in [0.5, 0.6) is 0 Å². The van der Waals surface area contributed by atoms with Gasteiger partial charge in [0.15, 0.2) is 0 Å². The molecule has 1 fully saturated rings. The number of nitro groups is 1. The van der Waals surface area contributed by atoms with Crippen molar-refractivity contribution in [3.05, 3.63) is 76.2 Å². The molecule has 0 aliphatic carbocycles. The van der Waals surface area contributed by atoms with Crippen molar-refractivity contribution in [1.29, 1.82) is 0 Å². The van der Waals surface area contributed by atoms with E-state index in [4.69, 9.17) is 0 Å². The van der Waals surface area contributed by atoms with Crippen molar-refractivity contribution in [2.75, 3.05) is 13.1 Å². The zero-order chi connectivity index (χ0) is 21.3. The van der Waals surface area contributed by atoms with Crippen LogP contribution in [0.1, 0.15) is 5.69 Å². The van der Waals surface area contributed by atoms with E-state index in [1.54, 1.807) is 15.8 Å². The maximum absolute atomic E-state index is 14.1. The van der Waals surface area contributed by atoms with Crippen molar-refractivity contribution >= 4 is 11.6 Å². The average molecular weight is 413 g/mol. The summed E-state index contributed by atoms with van der Waals surface area (Å²) in [5.74, 6) is -1.61. The Hall–Kier alpha value is -3.69. The number of hydrogen-bond acceptors (Lipinski definition) is 5. The third-order valence-corrected chi connectivity index (χ3v) is 4.99. The van der Waals surface area contributed by atoms with E-state index in [1.807, 2.05) is 12.3 Å². The number of aromatic nitrogens is 3. The maximum Gasteiger partial charge on any atom is 0.291 e. The zero-order valence-electron chi connectivity index (χ0n) is 15.7. The van der Waals surface area contributed by atoms with Crippen molar-refractivity contribution < 1.29 is 18.5 Å². The molecule has 0 saturated carbocycles.